The lowest BCUT2D eigenvalue weighted by Gasteiger charge is -2.51. The number of aromatic nitrogens is 2. The van der Waals surface area contributed by atoms with E-state index in [2.05, 4.69) is 17.6 Å². The number of amidine groups is 1. The molecule has 7 heteroatoms. The summed E-state index contributed by atoms with van der Waals surface area (Å²) in [6.45, 7) is 4.14. The summed E-state index contributed by atoms with van der Waals surface area (Å²) in [5.41, 5.74) is 8.61. The van der Waals surface area contributed by atoms with Crippen molar-refractivity contribution < 1.29 is 0 Å². The van der Waals surface area contributed by atoms with Crippen molar-refractivity contribution in [3.05, 3.63) is 75.9 Å². The van der Waals surface area contributed by atoms with Crippen LogP contribution in [0.4, 0.5) is 0 Å². The number of benzene rings is 1. The van der Waals surface area contributed by atoms with Crippen molar-refractivity contribution in [2.45, 2.75) is 45.1 Å². The van der Waals surface area contributed by atoms with Gasteiger partial charge in [-0.1, -0.05) is 37.7 Å². The molecular formula is C25H30ClN5O. The molecule has 0 atom stereocenters. The Labute approximate surface area is 193 Å². The number of nitrogens with one attached hydrogen (secondary N) is 2. The zero-order chi connectivity index (χ0) is 22.0. The first-order valence-corrected chi connectivity index (χ1v) is 10.9. The van der Waals surface area contributed by atoms with Crippen LogP contribution in [0.15, 0.2) is 54.1 Å². The average molecular weight is 452 g/mol. The van der Waals surface area contributed by atoms with E-state index in [0.29, 0.717) is 33.7 Å². The molecule has 0 bridgehead atoms. The number of nitrogens with zero attached hydrogens (tertiary/aromatic N) is 2. The number of pyridine rings is 1. The standard InChI is InChI=1S/C24H26ClN5O.CH4/c1-3-29(2)22(27)24(13-23(14-24)7-8-23)15-5-4-6-17(9-15)30-12-19(25)18-10-16(11-26)28-20(18)21(30)31;/h3-6,9-10,12,27-28H,1,7-8,11,13-14,26H2,2H3;1H4. The molecule has 4 N–H and O–H groups in total. The average Bonchev–Trinajstić information content (AvgIpc) is 3.43. The Kier molecular flexibility index (Phi) is 5.34. The molecule has 6 nitrogen and oxygen atoms in total. The van der Waals surface area contributed by atoms with E-state index in [4.69, 9.17) is 22.7 Å². The highest BCUT2D eigenvalue weighted by molar-refractivity contribution is 6.35. The Hall–Kier alpha value is -2.83. The van der Waals surface area contributed by atoms with E-state index >= 15 is 0 Å². The number of rotatable bonds is 5. The van der Waals surface area contributed by atoms with Gasteiger partial charge in [0.2, 0.25) is 0 Å². The van der Waals surface area contributed by atoms with Crippen LogP contribution in [-0.2, 0) is 12.0 Å². The van der Waals surface area contributed by atoms with E-state index < -0.39 is 0 Å². The number of fused-ring (bicyclic) bond motifs is 1. The molecule has 0 amide bonds. The molecule has 2 aliphatic rings. The molecule has 0 saturated heterocycles. The summed E-state index contributed by atoms with van der Waals surface area (Å²) in [5.74, 6) is 0.551. The first-order valence-electron chi connectivity index (χ1n) is 10.5. The Bertz CT molecular complexity index is 1280. The number of likely N-dealkylation sites (N-methyl/N-ethyl adjacent to an activating group) is 1. The van der Waals surface area contributed by atoms with Crippen LogP contribution in [0.5, 0.6) is 0 Å². The zero-order valence-electron chi connectivity index (χ0n) is 17.5. The summed E-state index contributed by atoms with van der Waals surface area (Å²) in [6.07, 6.45) is 7.75. The summed E-state index contributed by atoms with van der Waals surface area (Å²) < 4.78 is 1.57. The number of aromatic amines is 1. The predicted octanol–water partition coefficient (Wildman–Crippen LogP) is 4.93. The summed E-state index contributed by atoms with van der Waals surface area (Å²) in [6, 6.07) is 9.77. The Morgan fingerprint density at radius 2 is 2.09 bits per heavy atom. The van der Waals surface area contributed by atoms with Crippen molar-refractivity contribution in [1.82, 2.24) is 14.5 Å². The minimum Gasteiger partial charge on any atom is -0.353 e. The molecule has 0 radical (unpaired) electrons. The molecule has 0 aliphatic heterocycles. The van der Waals surface area contributed by atoms with Gasteiger partial charge in [-0.25, -0.2) is 0 Å². The van der Waals surface area contributed by atoms with Crippen LogP contribution < -0.4 is 11.3 Å². The highest BCUT2D eigenvalue weighted by Gasteiger charge is 2.63. The molecule has 2 aliphatic carbocycles. The van der Waals surface area contributed by atoms with E-state index in [1.54, 1.807) is 21.9 Å². The monoisotopic (exact) mass is 451 g/mol. The number of hydrogen-bond donors (Lipinski definition) is 3. The molecule has 32 heavy (non-hydrogen) atoms. The lowest BCUT2D eigenvalue weighted by atomic mass is 9.55. The van der Waals surface area contributed by atoms with Gasteiger partial charge in [0, 0.05) is 36.6 Å². The molecule has 2 heterocycles. The van der Waals surface area contributed by atoms with Gasteiger partial charge in [-0.3, -0.25) is 14.8 Å². The minimum atomic E-state index is -0.355. The number of halogens is 1. The summed E-state index contributed by atoms with van der Waals surface area (Å²) in [4.78, 5) is 18.1. The quantitative estimate of drug-likeness (QED) is 0.379. The SMILES string of the molecule is C.C=CN(C)C(=N)C1(c2cccc(-n3cc(Cl)c4cc(CN)[nH]c4c3=O)c2)CC2(CC2)C1. The number of nitrogens with two attached hydrogens (primary N) is 1. The molecule has 2 fully saturated rings. The highest BCUT2D eigenvalue weighted by atomic mass is 35.5. The van der Waals surface area contributed by atoms with Crippen LogP contribution in [0.25, 0.3) is 16.6 Å². The fraction of sp³-hybridized carbons (Fsp3) is 0.360. The van der Waals surface area contributed by atoms with Crippen LogP contribution >= 0.6 is 11.6 Å². The second-order valence-electron chi connectivity index (χ2n) is 9.07. The van der Waals surface area contributed by atoms with Gasteiger partial charge in [0.05, 0.1) is 10.4 Å². The fourth-order valence-electron chi connectivity index (χ4n) is 5.18. The fourth-order valence-corrected chi connectivity index (χ4v) is 5.43. The molecule has 0 unspecified atom stereocenters. The van der Waals surface area contributed by atoms with Crippen molar-refractivity contribution in [3.63, 3.8) is 0 Å². The van der Waals surface area contributed by atoms with Crippen molar-refractivity contribution in [1.29, 1.82) is 5.41 Å². The smallest absolute Gasteiger partial charge is 0.279 e. The molecule has 1 aromatic carbocycles. The Morgan fingerprint density at radius 3 is 2.72 bits per heavy atom. The van der Waals surface area contributed by atoms with Gasteiger partial charge >= 0.3 is 0 Å². The maximum Gasteiger partial charge on any atom is 0.279 e. The van der Waals surface area contributed by atoms with Crippen LogP contribution in [0.1, 0.15) is 44.4 Å². The second kappa shape index (κ2) is 7.64. The first kappa shape index (κ1) is 22.4. The van der Waals surface area contributed by atoms with Crippen LogP contribution in [0.2, 0.25) is 5.02 Å². The Morgan fingerprint density at radius 1 is 1.38 bits per heavy atom. The topological polar surface area (TPSA) is 90.9 Å². The van der Waals surface area contributed by atoms with Crippen molar-refractivity contribution in [2.75, 3.05) is 7.05 Å². The van der Waals surface area contributed by atoms with Crippen molar-refractivity contribution >= 4 is 28.3 Å². The molecule has 168 valence electrons. The maximum absolute atomic E-state index is 13.2. The third kappa shape index (κ3) is 3.21. The number of H-pyrrole nitrogens is 1. The second-order valence-corrected chi connectivity index (χ2v) is 9.47. The normalized spacial score (nSPS) is 17.5. The maximum atomic E-state index is 13.2. The third-order valence-electron chi connectivity index (χ3n) is 7.09. The first-order chi connectivity index (χ1) is 14.8. The van der Waals surface area contributed by atoms with Gasteiger partial charge in [-0.05, 0) is 61.1 Å². The summed E-state index contributed by atoms with van der Waals surface area (Å²) in [5, 5.41) is 10.0. The van der Waals surface area contributed by atoms with Crippen LogP contribution in [0.3, 0.4) is 0 Å². The Balaban J connectivity index is 0.00000245. The third-order valence-corrected chi connectivity index (χ3v) is 7.39. The molecule has 1 spiro atoms. The summed E-state index contributed by atoms with van der Waals surface area (Å²) >= 11 is 6.51. The molecule has 5 rings (SSSR count). The molecule has 2 saturated carbocycles. The van der Waals surface area contributed by atoms with E-state index in [9.17, 15) is 4.79 Å². The molecule has 2 aromatic heterocycles. The summed E-state index contributed by atoms with van der Waals surface area (Å²) in [7, 11) is 1.87. The van der Waals surface area contributed by atoms with Gasteiger partial charge in [-0.15, -0.1) is 0 Å². The van der Waals surface area contributed by atoms with Gasteiger partial charge < -0.3 is 15.6 Å². The van der Waals surface area contributed by atoms with Crippen LogP contribution in [0, 0.1) is 10.8 Å². The zero-order valence-corrected chi connectivity index (χ0v) is 18.3. The molecular weight excluding hydrogens is 422 g/mol. The van der Waals surface area contributed by atoms with E-state index in [0.717, 1.165) is 29.8 Å². The lowest BCUT2D eigenvalue weighted by Crippen LogP contribution is -2.53. The molecule has 3 aromatic rings. The van der Waals surface area contributed by atoms with E-state index in [-0.39, 0.29) is 18.4 Å². The predicted molar refractivity (Wildman–Crippen MR) is 132 cm³/mol. The largest absolute Gasteiger partial charge is 0.353 e. The van der Waals surface area contributed by atoms with Gasteiger partial charge in [0.15, 0.2) is 0 Å². The van der Waals surface area contributed by atoms with Gasteiger partial charge in [0.25, 0.3) is 5.56 Å². The van der Waals surface area contributed by atoms with E-state index in [1.165, 1.54) is 12.8 Å². The van der Waals surface area contributed by atoms with Crippen molar-refractivity contribution in [3.8, 4) is 5.69 Å². The van der Waals surface area contributed by atoms with Crippen molar-refractivity contribution in [2.24, 2.45) is 11.1 Å². The van der Waals surface area contributed by atoms with Gasteiger partial charge in [0.1, 0.15) is 11.4 Å². The van der Waals surface area contributed by atoms with Crippen LogP contribution in [-0.4, -0.2) is 27.3 Å². The van der Waals surface area contributed by atoms with Gasteiger partial charge in [-0.2, -0.15) is 0 Å². The number of hydrogen-bond acceptors (Lipinski definition) is 3. The lowest BCUT2D eigenvalue weighted by molar-refractivity contribution is 0.172. The minimum absolute atomic E-state index is 0. The van der Waals surface area contributed by atoms with E-state index in [1.807, 2.05) is 31.3 Å². The highest BCUT2D eigenvalue weighted by Crippen LogP contribution is 2.69.